The van der Waals surface area contributed by atoms with E-state index in [0.29, 0.717) is 5.56 Å². The van der Waals surface area contributed by atoms with Gasteiger partial charge in [-0.3, -0.25) is 0 Å². The highest BCUT2D eigenvalue weighted by atomic mass is 32.2. The summed E-state index contributed by atoms with van der Waals surface area (Å²) in [7, 11) is -4.33. The van der Waals surface area contributed by atoms with Crippen LogP contribution in [0.5, 0.6) is 0 Å². The first-order chi connectivity index (χ1) is 10.2. The SMILES string of the molecule is CC(C)c1ccccc1S(=O)(=O)[O-].CC[N+](CC)(CC)CC. The monoisotopic (exact) mass is 329 g/mol. The predicted molar refractivity (Wildman–Crippen MR) is 90.9 cm³/mol. The van der Waals surface area contributed by atoms with Crippen molar-refractivity contribution >= 4 is 10.1 Å². The van der Waals surface area contributed by atoms with E-state index in [9.17, 15) is 13.0 Å². The molecule has 0 saturated carbocycles. The number of nitrogens with zero attached hydrogens (tertiary/aromatic N) is 1. The Bertz CT molecular complexity index is 517. The fraction of sp³-hybridized carbons (Fsp3) is 0.647. The quantitative estimate of drug-likeness (QED) is 0.592. The standard InChI is InChI=1S/C9H12O3S.C8H20N/c1-7(2)8-5-3-4-6-9(8)13(10,11)12;1-5-9(6-2,7-3)8-4/h3-7H,1-2H3,(H,10,11,12);5-8H2,1-4H3/q;+1/p-1. The van der Waals surface area contributed by atoms with Crippen LogP contribution < -0.4 is 0 Å². The molecule has 1 aromatic carbocycles. The van der Waals surface area contributed by atoms with Gasteiger partial charge in [-0.2, -0.15) is 0 Å². The van der Waals surface area contributed by atoms with E-state index in [1.165, 1.54) is 36.7 Å². The van der Waals surface area contributed by atoms with E-state index in [1.807, 2.05) is 13.8 Å². The second-order valence-corrected chi connectivity index (χ2v) is 7.10. The summed E-state index contributed by atoms with van der Waals surface area (Å²) < 4.78 is 33.7. The molecule has 0 aromatic heterocycles. The zero-order valence-corrected chi connectivity index (χ0v) is 15.6. The summed E-state index contributed by atoms with van der Waals surface area (Å²) in [5.74, 6) is 0.0416. The largest absolute Gasteiger partial charge is 0.744 e. The van der Waals surface area contributed by atoms with Gasteiger partial charge < -0.3 is 9.04 Å². The number of hydrogen-bond acceptors (Lipinski definition) is 3. The van der Waals surface area contributed by atoms with E-state index in [2.05, 4.69) is 27.7 Å². The molecule has 0 aliphatic rings. The Morgan fingerprint density at radius 2 is 1.36 bits per heavy atom. The van der Waals surface area contributed by atoms with Crippen LogP contribution in [0.4, 0.5) is 0 Å². The summed E-state index contributed by atoms with van der Waals surface area (Å²) in [5, 5.41) is 0. The van der Waals surface area contributed by atoms with Crippen molar-refractivity contribution in [2.75, 3.05) is 26.2 Å². The molecule has 1 aromatic rings. The van der Waals surface area contributed by atoms with Gasteiger partial charge in [0, 0.05) is 0 Å². The van der Waals surface area contributed by atoms with Gasteiger partial charge >= 0.3 is 0 Å². The molecule has 128 valence electrons. The van der Waals surface area contributed by atoms with Crippen molar-refractivity contribution in [2.24, 2.45) is 0 Å². The first-order valence-corrected chi connectivity index (χ1v) is 9.48. The van der Waals surface area contributed by atoms with Crippen molar-refractivity contribution in [3.63, 3.8) is 0 Å². The van der Waals surface area contributed by atoms with Gasteiger partial charge in [0.15, 0.2) is 0 Å². The Kier molecular flexibility index (Phi) is 8.89. The molecule has 0 heterocycles. The van der Waals surface area contributed by atoms with Gasteiger partial charge in [0.25, 0.3) is 0 Å². The van der Waals surface area contributed by atoms with Crippen molar-refractivity contribution in [1.82, 2.24) is 0 Å². The van der Waals surface area contributed by atoms with Gasteiger partial charge in [0.05, 0.1) is 31.1 Å². The fourth-order valence-corrected chi connectivity index (χ4v) is 3.36. The van der Waals surface area contributed by atoms with Crippen molar-refractivity contribution in [1.29, 1.82) is 0 Å². The second kappa shape index (κ2) is 9.28. The zero-order valence-electron chi connectivity index (χ0n) is 14.8. The lowest BCUT2D eigenvalue weighted by Crippen LogP contribution is -2.47. The summed E-state index contributed by atoms with van der Waals surface area (Å²) in [6, 6.07) is 6.29. The maximum atomic E-state index is 10.8. The molecular weight excluding hydrogens is 298 g/mol. The number of benzene rings is 1. The molecule has 0 saturated heterocycles. The summed E-state index contributed by atoms with van der Waals surface area (Å²) in [6.07, 6.45) is 0. The molecule has 0 aliphatic carbocycles. The Balaban J connectivity index is 0.000000433. The number of hydrogen-bond donors (Lipinski definition) is 0. The fourth-order valence-electron chi connectivity index (χ4n) is 2.53. The second-order valence-electron chi connectivity index (χ2n) is 5.75. The van der Waals surface area contributed by atoms with E-state index in [1.54, 1.807) is 18.2 Å². The first-order valence-electron chi connectivity index (χ1n) is 8.07. The molecule has 0 N–H and O–H groups in total. The molecule has 0 amide bonds. The molecule has 0 atom stereocenters. The Morgan fingerprint density at radius 1 is 0.955 bits per heavy atom. The molecule has 22 heavy (non-hydrogen) atoms. The summed E-state index contributed by atoms with van der Waals surface area (Å²) in [4.78, 5) is -0.106. The number of rotatable bonds is 6. The minimum Gasteiger partial charge on any atom is -0.744 e. The number of quaternary nitrogens is 1. The van der Waals surface area contributed by atoms with Crippen LogP contribution in [0.15, 0.2) is 29.2 Å². The van der Waals surface area contributed by atoms with Gasteiger partial charge in [-0.15, -0.1) is 0 Å². The van der Waals surface area contributed by atoms with Crippen molar-refractivity contribution in [3.8, 4) is 0 Å². The average Bonchev–Trinajstić information content (AvgIpc) is 2.50. The maximum absolute atomic E-state index is 10.8. The van der Waals surface area contributed by atoms with Crippen LogP contribution in [0.1, 0.15) is 53.0 Å². The molecule has 0 spiro atoms. The van der Waals surface area contributed by atoms with Crippen LogP contribution >= 0.6 is 0 Å². The van der Waals surface area contributed by atoms with Crippen LogP contribution in [-0.4, -0.2) is 43.6 Å². The highest BCUT2D eigenvalue weighted by molar-refractivity contribution is 7.85. The van der Waals surface area contributed by atoms with E-state index >= 15 is 0 Å². The van der Waals surface area contributed by atoms with E-state index in [4.69, 9.17) is 0 Å². The van der Waals surface area contributed by atoms with Crippen LogP contribution in [0.25, 0.3) is 0 Å². The van der Waals surface area contributed by atoms with Crippen molar-refractivity contribution in [3.05, 3.63) is 29.8 Å². The van der Waals surface area contributed by atoms with Gasteiger partial charge in [-0.05, 0) is 45.2 Å². The lowest BCUT2D eigenvalue weighted by Gasteiger charge is -2.34. The molecule has 5 heteroatoms. The molecule has 0 fully saturated rings. The third-order valence-electron chi connectivity index (χ3n) is 4.49. The topological polar surface area (TPSA) is 57.2 Å². The van der Waals surface area contributed by atoms with Crippen LogP contribution in [-0.2, 0) is 10.1 Å². The molecule has 0 radical (unpaired) electrons. The highest BCUT2D eigenvalue weighted by Crippen LogP contribution is 2.22. The minimum atomic E-state index is -4.33. The van der Waals surface area contributed by atoms with E-state index < -0.39 is 10.1 Å². The lowest BCUT2D eigenvalue weighted by atomic mass is 10.0. The van der Waals surface area contributed by atoms with Gasteiger partial charge in [0.1, 0.15) is 10.1 Å². The summed E-state index contributed by atoms with van der Waals surface area (Å²) in [6.45, 7) is 17.9. The Labute approximate surface area is 136 Å². The van der Waals surface area contributed by atoms with Gasteiger partial charge in [-0.25, -0.2) is 8.42 Å². The Hall–Kier alpha value is -0.910. The third-order valence-corrected chi connectivity index (χ3v) is 5.40. The Morgan fingerprint density at radius 3 is 1.59 bits per heavy atom. The molecule has 0 aliphatic heterocycles. The van der Waals surface area contributed by atoms with Crippen molar-refractivity contribution < 1.29 is 17.5 Å². The average molecular weight is 330 g/mol. The van der Waals surface area contributed by atoms with E-state index in [0.717, 1.165) is 0 Å². The van der Waals surface area contributed by atoms with Crippen LogP contribution in [0, 0.1) is 0 Å². The normalized spacial score (nSPS) is 12.0. The summed E-state index contributed by atoms with van der Waals surface area (Å²) in [5.41, 5.74) is 0.581. The predicted octanol–water partition coefficient (Wildman–Crippen LogP) is 3.60. The van der Waals surface area contributed by atoms with Gasteiger partial charge in [0.2, 0.25) is 0 Å². The molecule has 0 unspecified atom stereocenters. The molecule has 1 rings (SSSR count). The molecule has 4 nitrogen and oxygen atoms in total. The minimum absolute atomic E-state index is 0.0416. The third kappa shape index (κ3) is 6.07. The lowest BCUT2D eigenvalue weighted by molar-refractivity contribution is -0.921. The van der Waals surface area contributed by atoms with Crippen LogP contribution in [0.3, 0.4) is 0 Å². The molecular formula is C17H31NO3S. The maximum Gasteiger partial charge on any atom is 0.124 e. The van der Waals surface area contributed by atoms with Crippen molar-refractivity contribution in [2.45, 2.75) is 52.4 Å². The van der Waals surface area contributed by atoms with Crippen LogP contribution in [0.2, 0.25) is 0 Å². The van der Waals surface area contributed by atoms with E-state index in [-0.39, 0.29) is 10.8 Å². The highest BCUT2D eigenvalue weighted by Gasteiger charge is 2.16. The smallest absolute Gasteiger partial charge is 0.124 e. The zero-order chi connectivity index (χ0) is 17.4. The molecule has 0 bridgehead atoms. The summed E-state index contributed by atoms with van der Waals surface area (Å²) >= 11 is 0. The first kappa shape index (κ1) is 21.1. The van der Waals surface area contributed by atoms with Gasteiger partial charge in [-0.1, -0.05) is 32.0 Å².